The minimum absolute atomic E-state index is 0.0481. The Hall–Kier alpha value is -3.09. The lowest BCUT2D eigenvalue weighted by molar-refractivity contribution is -0.128. The number of likely N-dealkylation sites (tertiary alicyclic amines) is 1. The lowest BCUT2D eigenvalue weighted by atomic mass is 9.76. The van der Waals surface area contributed by atoms with Crippen LogP contribution in [0.2, 0.25) is 0 Å². The van der Waals surface area contributed by atoms with E-state index in [1.807, 2.05) is 50.1 Å². The minimum atomic E-state index is -0.311. The molecular weight excluding hydrogens is 404 g/mol. The van der Waals surface area contributed by atoms with Crippen LogP contribution in [-0.2, 0) is 11.8 Å². The van der Waals surface area contributed by atoms with Gasteiger partial charge in [0.1, 0.15) is 6.04 Å². The molecule has 1 aromatic carbocycles. The first kappa shape index (κ1) is 20.8. The van der Waals surface area contributed by atoms with Crippen LogP contribution in [0.3, 0.4) is 0 Å². The number of hydrogen-bond donors (Lipinski definition) is 0. The molecular formula is C25H30N4O3. The fourth-order valence-electron chi connectivity index (χ4n) is 5.72. The van der Waals surface area contributed by atoms with Crippen molar-refractivity contribution in [3.05, 3.63) is 47.7 Å². The molecule has 7 heteroatoms. The first-order valence-electron chi connectivity index (χ1n) is 11.5. The summed E-state index contributed by atoms with van der Waals surface area (Å²) in [5.74, 6) is 0.0131. The van der Waals surface area contributed by atoms with E-state index in [0.29, 0.717) is 26.2 Å². The Morgan fingerprint density at radius 1 is 1.12 bits per heavy atom. The van der Waals surface area contributed by atoms with Crippen LogP contribution >= 0.6 is 0 Å². The summed E-state index contributed by atoms with van der Waals surface area (Å²) in [5, 5.41) is 0. The van der Waals surface area contributed by atoms with E-state index in [1.165, 1.54) is 4.90 Å². The fraction of sp³-hybridized carbons (Fsp3) is 0.480. The van der Waals surface area contributed by atoms with Crippen LogP contribution in [0.5, 0.6) is 0 Å². The zero-order valence-corrected chi connectivity index (χ0v) is 19.0. The van der Waals surface area contributed by atoms with Crippen LogP contribution in [0, 0.1) is 12.3 Å². The Morgan fingerprint density at radius 3 is 2.44 bits per heavy atom. The summed E-state index contributed by atoms with van der Waals surface area (Å²) < 4.78 is 2.08. The van der Waals surface area contributed by atoms with E-state index in [4.69, 9.17) is 0 Å². The van der Waals surface area contributed by atoms with Crippen molar-refractivity contribution in [2.75, 3.05) is 26.2 Å². The Balaban J connectivity index is 1.29. The molecule has 4 heterocycles. The van der Waals surface area contributed by atoms with Crippen molar-refractivity contribution in [3.8, 4) is 11.3 Å². The summed E-state index contributed by atoms with van der Waals surface area (Å²) in [5.41, 5.74) is 3.79. The van der Waals surface area contributed by atoms with Gasteiger partial charge in [0.2, 0.25) is 0 Å². The summed E-state index contributed by atoms with van der Waals surface area (Å²) in [4.78, 5) is 43.6. The molecule has 1 spiro atoms. The molecule has 4 amide bonds. The number of imide groups is 1. The number of rotatable bonds is 3. The Bertz CT molecular complexity index is 1060. The van der Waals surface area contributed by atoms with E-state index >= 15 is 0 Å². The average molecular weight is 435 g/mol. The highest BCUT2D eigenvalue weighted by molar-refractivity contribution is 6.04. The standard InChI is InChI=1S/C25H30N4O3/c1-4-28-23(31)21-15-25(16-29(21)24(28)32)10-12-27(13-11-25)22(30)19-14-20(26(3)17(19)2)18-8-6-5-7-9-18/h5-9,14,21H,4,10-13,15-16H2,1-3H3. The smallest absolute Gasteiger partial charge is 0.327 e. The number of piperidine rings is 1. The van der Waals surface area contributed by atoms with Crippen molar-refractivity contribution in [3.63, 3.8) is 0 Å². The summed E-state index contributed by atoms with van der Waals surface area (Å²) in [7, 11) is 2.00. The SMILES string of the molecule is CCN1C(=O)C2CC3(CCN(C(=O)c4cc(-c5ccccc5)n(C)c4C)CC3)CN2C1=O. The Labute approximate surface area is 188 Å². The molecule has 0 N–H and O–H groups in total. The molecule has 5 rings (SSSR count). The van der Waals surface area contributed by atoms with Gasteiger partial charge in [-0.15, -0.1) is 0 Å². The van der Waals surface area contributed by atoms with Gasteiger partial charge in [0.25, 0.3) is 11.8 Å². The van der Waals surface area contributed by atoms with Crippen molar-refractivity contribution in [1.29, 1.82) is 0 Å². The molecule has 7 nitrogen and oxygen atoms in total. The quantitative estimate of drug-likeness (QED) is 0.697. The molecule has 3 aliphatic rings. The molecule has 168 valence electrons. The second-order valence-corrected chi connectivity index (χ2v) is 9.46. The third kappa shape index (κ3) is 3.05. The molecule has 0 aliphatic carbocycles. The molecule has 0 saturated carbocycles. The van der Waals surface area contributed by atoms with Crippen LogP contribution in [0.1, 0.15) is 42.2 Å². The predicted molar refractivity (Wildman–Crippen MR) is 121 cm³/mol. The highest BCUT2D eigenvalue weighted by Gasteiger charge is 2.56. The number of carbonyl (C=O) groups excluding carboxylic acids is 3. The molecule has 0 radical (unpaired) electrons. The molecule has 3 aliphatic heterocycles. The highest BCUT2D eigenvalue weighted by Crippen LogP contribution is 2.46. The average Bonchev–Trinajstić information content (AvgIpc) is 3.39. The van der Waals surface area contributed by atoms with Crippen LogP contribution in [-0.4, -0.2) is 69.3 Å². The number of aromatic nitrogens is 1. The van der Waals surface area contributed by atoms with Gasteiger partial charge in [-0.3, -0.25) is 14.5 Å². The molecule has 32 heavy (non-hydrogen) atoms. The third-order valence-electron chi connectivity index (χ3n) is 7.80. The number of likely N-dealkylation sites (N-methyl/N-ethyl adjacent to an activating group) is 1. The topological polar surface area (TPSA) is 65.9 Å². The van der Waals surface area contributed by atoms with Crippen LogP contribution in [0.4, 0.5) is 4.79 Å². The van der Waals surface area contributed by atoms with Gasteiger partial charge in [0, 0.05) is 44.6 Å². The number of urea groups is 1. The molecule has 2 aromatic rings. The van der Waals surface area contributed by atoms with E-state index in [1.54, 1.807) is 4.90 Å². The van der Waals surface area contributed by atoms with E-state index in [2.05, 4.69) is 16.7 Å². The number of nitrogens with zero attached hydrogens (tertiary/aromatic N) is 4. The van der Waals surface area contributed by atoms with Gasteiger partial charge in [-0.25, -0.2) is 4.79 Å². The number of benzene rings is 1. The van der Waals surface area contributed by atoms with Gasteiger partial charge < -0.3 is 14.4 Å². The maximum atomic E-state index is 13.4. The van der Waals surface area contributed by atoms with Crippen molar-refractivity contribution in [2.45, 2.75) is 39.2 Å². The van der Waals surface area contributed by atoms with Crippen LogP contribution in [0.15, 0.2) is 36.4 Å². The van der Waals surface area contributed by atoms with Crippen molar-refractivity contribution < 1.29 is 14.4 Å². The molecule has 1 atom stereocenters. The summed E-state index contributed by atoms with van der Waals surface area (Å²) in [6.07, 6.45) is 2.38. The maximum absolute atomic E-state index is 13.4. The van der Waals surface area contributed by atoms with Crippen LogP contribution in [0.25, 0.3) is 11.3 Å². The van der Waals surface area contributed by atoms with Crippen molar-refractivity contribution in [1.82, 2.24) is 19.3 Å². The van der Waals surface area contributed by atoms with E-state index in [-0.39, 0.29) is 29.3 Å². The van der Waals surface area contributed by atoms with Gasteiger partial charge in [0.05, 0.1) is 5.56 Å². The van der Waals surface area contributed by atoms with Crippen LogP contribution < -0.4 is 0 Å². The second-order valence-electron chi connectivity index (χ2n) is 9.46. The van der Waals surface area contributed by atoms with Gasteiger partial charge in [-0.1, -0.05) is 30.3 Å². The fourth-order valence-corrected chi connectivity index (χ4v) is 5.72. The minimum Gasteiger partial charge on any atom is -0.347 e. The number of amides is 4. The summed E-state index contributed by atoms with van der Waals surface area (Å²) in [6, 6.07) is 11.7. The molecule has 0 bridgehead atoms. The number of carbonyl (C=O) groups is 3. The van der Waals surface area contributed by atoms with Gasteiger partial charge in [0.15, 0.2) is 0 Å². The monoisotopic (exact) mass is 434 g/mol. The Kier molecular flexibility index (Phi) is 4.87. The molecule has 1 aromatic heterocycles. The lowest BCUT2D eigenvalue weighted by Gasteiger charge is -2.39. The number of fused-ring (bicyclic) bond motifs is 1. The summed E-state index contributed by atoms with van der Waals surface area (Å²) >= 11 is 0. The third-order valence-corrected chi connectivity index (χ3v) is 7.80. The maximum Gasteiger partial charge on any atom is 0.327 e. The lowest BCUT2D eigenvalue weighted by Crippen LogP contribution is -2.45. The predicted octanol–water partition coefficient (Wildman–Crippen LogP) is 3.28. The first-order valence-corrected chi connectivity index (χ1v) is 11.5. The molecule has 3 saturated heterocycles. The van der Waals surface area contributed by atoms with Crippen molar-refractivity contribution in [2.24, 2.45) is 12.5 Å². The zero-order chi connectivity index (χ0) is 22.6. The normalized spacial score (nSPS) is 22.2. The zero-order valence-electron chi connectivity index (χ0n) is 19.0. The molecule has 1 unspecified atom stereocenters. The van der Waals surface area contributed by atoms with Crippen molar-refractivity contribution >= 4 is 17.8 Å². The molecule has 3 fully saturated rings. The first-order chi connectivity index (χ1) is 15.3. The van der Waals surface area contributed by atoms with Gasteiger partial charge in [-0.2, -0.15) is 0 Å². The highest BCUT2D eigenvalue weighted by atomic mass is 16.2. The Morgan fingerprint density at radius 2 is 1.81 bits per heavy atom. The van der Waals surface area contributed by atoms with E-state index in [9.17, 15) is 14.4 Å². The largest absolute Gasteiger partial charge is 0.347 e. The summed E-state index contributed by atoms with van der Waals surface area (Å²) in [6.45, 7) is 6.22. The van der Waals surface area contributed by atoms with Gasteiger partial charge >= 0.3 is 6.03 Å². The second kappa shape index (κ2) is 7.50. The van der Waals surface area contributed by atoms with E-state index in [0.717, 1.165) is 41.8 Å². The number of hydrogen-bond acceptors (Lipinski definition) is 3. The van der Waals surface area contributed by atoms with Gasteiger partial charge in [-0.05, 0) is 50.2 Å². The van der Waals surface area contributed by atoms with E-state index < -0.39 is 0 Å².